The Morgan fingerprint density at radius 2 is 0.800 bits per heavy atom. The zero-order chi connectivity index (χ0) is 29.6. The molecule has 0 aliphatic rings. The van der Waals surface area contributed by atoms with Gasteiger partial charge in [-0.3, -0.25) is 0 Å². The minimum atomic E-state index is -1.11. The zero-order valence-corrected chi connectivity index (χ0v) is 23.9. The molecule has 2 rings (SSSR count). The fourth-order valence-corrected chi connectivity index (χ4v) is 3.95. The zero-order valence-electron chi connectivity index (χ0n) is 23.9. The van der Waals surface area contributed by atoms with E-state index in [9.17, 15) is 19.2 Å². The van der Waals surface area contributed by atoms with Crippen molar-refractivity contribution in [3.63, 3.8) is 0 Å². The van der Waals surface area contributed by atoms with Gasteiger partial charge >= 0.3 is 23.9 Å². The summed E-state index contributed by atoms with van der Waals surface area (Å²) in [5.74, 6) is -3.35. The summed E-state index contributed by atoms with van der Waals surface area (Å²) in [5.41, 5.74) is 0.206. The third-order valence-electron chi connectivity index (χ3n) is 6.22. The first-order valence-electron chi connectivity index (χ1n) is 14.3. The molecule has 220 valence electrons. The first-order chi connectivity index (χ1) is 19.3. The van der Waals surface area contributed by atoms with E-state index in [1.807, 2.05) is 0 Å². The number of aromatic carboxylic acids is 2. The molecule has 0 atom stereocenters. The Hall–Kier alpha value is -3.68. The number of benzene rings is 2. The number of carbonyl (C=O) groups is 4. The molecule has 0 fully saturated rings. The van der Waals surface area contributed by atoms with Gasteiger partial charge in [0, 0.05) is 0 Å². The highest BCUT2D eigenvalue weighted by molar-refractivity contribution is 6.03. The molecule has 2 aromatic rings. The molecule has 8 nitrogen and oxygen atoms in total. The summed E-state index contributed by atoms with van der Waals surface area (Å²) < 4.78 is 10.2. The summed E-state index contributed by atoms with van der Waals surface area (Å²) in [5, 5.41) is 18.0. The number of carbonyl (C=O) groups excluding carboxylic acids is 2. The molecule has 0 unspecified atom stereocenters. The molecule has 0 radical (unpaired) electrons. The van der Waals surface area contributed by atoms with Crippen LogP contribution in [0.15, 0.2) is 48.5 Å². The average Bonchev–Trinajstić information content (AvgIpc) is 2.96. The quantitative estimate of drug-likeness (QED) is 0.141. The summed E-state index contributed by atoms with van der Waals surface area (Å²) in [6.45, 7) is 5.03. The van der Waals surface area contributed by atoms with Crippen molar-refractivity contribution >= 4 is 23.9 Å². The number of carboxylic acid groups (broad SMARTS) is 2. The second kappa shape index (κ2) is 21.2. The van der Waals surface area contributed by atoms with E-state index in [4.69, 9.17) is 19.7 Å². The van der Waals surface area contributed by atoms with Gasteiger partial charge in [-0.05, 0) is 37.1 Å². The second-order valence-electron chi connectivity index (χ2n) is 9.51. The number of esters is 2. The van der Waals surface area contributed by atoms with Crippen LogP contribution in [0, 0.1) is 0 Å². The molecule has 0 saturated carbocycles. The third kappa shape index (κ3) is 13.9. The minimum Gasteiger partial charge on any atom is -0.478 e. The predicted octanol–water partition coefficient (Wildman–Crippen LogP) is 7.80. The topological polar surface area (TPSA) is 127 Å². The highest BCUT2D eigenvalue weighted by atomic mass is 16.5. The van der Waals surface area contributed by atoms with E-state index in [2.05, 4.69) is 13.8 Å². The van der Waals surface area contributed by atoms with Crippen LogP contribution in [-0.4, -0.2) is 47.3 Å². The minimum absolute atomic E-state index is 0.0135. The fourth-order valence-electron chi connectivity index (χ4n) is 3.95. The highest BCUT2D eigenvalue weighted by Gasteiger charge is 2.17. The van der Waals surface area contributed by atoms with Crippen molar-refractivity contribution in [3.05, 3.63) is 70.8 Å². The molecular weight excluding hydrogens is 512 g/mol. The van der Waals surface area contributed by atoms with E-state index in [0.29, 0.717) is 13.2 Å². The van der Waals surface area contributed by atoms with Gasteiger partial charge in [0.15, 0.2) is 0 Å². The number of hydrogen-bond donors (Lipinski definition) is 2. The fraction of sp³-hybridized carbons (Fsp3) is 0.500. The lowest BCUT2D eigenvalue weighted by molar-refractivity contribution is 0.0482. The van der Waals surface area contributed by atoms with Gasteiger partial charge in [0.25, 0.3) is 0 Å². The molecule has 0 amide bonds. The van der Waals surface area contributed by atoms with Crippen molar-refractivity contribution in [2.75, 3.05) is 13.2 Å². The van der Waals surface area contributed by atoms with Crippen molar-refractivity contribution in [1.82, 2.24) is 0 Å². The van der Waals surface area contributed by atoms with Crippen LogP contribution in [0.5, 0.6) is 0 Å². The Kier molecular flexibility index (Phi) is 18.2. The lowest BCUT2D eigenvalue weighted by Gasteiger charge is -2.07. The third-order valence-corrected chi connectivity index (χ3v) is 6.22. The Balaban J connectivity index is 0.000000400. The van der Waals surface area contributed by atoms with Crippen LogP contribution in [0.2, 0.25) is 0 Å². The highest BCUT2D eigenvalue weighted by Crippen LogP contribution is 2.13. The van der Waals surface area contributed by atoms with Crippen LogP contribution in [-0.2, 0) is 9.47 Å². The van der Waals surface area contributed by atoms with Gasteiger partial charge in [-0.2, -0.15) is 0 Å². The lowest BCUT2D eigenvalue weighted by Crippen LogP contribution is -2.12. The van der Waals surface area contributed by atoms with E-state index >= 15 is 0 Å². The predicted molar refractivity (Wildman–Crippen MR) is 154 cm³/mol. The Labute approximate surface area is 237 Å². The van der Waals surface area contributed by atoms with Crippen molar-refractivity contribution in [3.8, 4) is 0 Å². The van der Waals surface area contributed by atoms with Gasteiger partial charge in [-0.1, -0.05) is 102 Å². The SMILES string of the molecule is CCCCCCCCOC(=O)c1ccccc1C(=O)O.CCCCCCCCOC(=O)c1ccccc1C(=O)O. The summed E-state index contributed by atoms with van der Waals surface area (Å²) in [6, 6.07) is 12.2. The molecule has 0 spiro atoms. The summed E-state index contributed by atoms with van der Waals surface area (Å²) in [7, 11) is 0. The number of rotatable bonds is 18. The number of ether oxygens (including phenoxy) is 2. The maximum Gasteiger partial charge on any atom is 0.339 e. The molecule has 0 aliphatic carbocycles. The molecular formula is C32H44O8. The van der Waals surface area contributed by atoms with Crippen molar-refractivity contribution in [2.24, 2.45) is 0 Å². The number of hydrogen-bond acceptors (Lipinski definition) is 6. The van der Waals surface area contributed by atoms with Gasteiger partial charge in [0.2, 0.25) is 0 Å². The normalized spacial score (nSPS) is 10.2. The molecule has 0 saturated heterocycles. The van der Waals surface area contributed by atoms with Gasteiger partial charge in [-0.25, -0.2) is 19.2 Å². The second-order valence-corrected chi connectivity index (χ2v) is 9.51. The first kappa shape index (κ1) is 34.3. The van der Waals surface area contributed by atoms with Gasteiger partial charge in [0.05, 0.1) is 35.5 Å². The van der Waals surface area contributed by atoms with Crippen LogP contribution >= 0.6 is 0 Å². The maximum atomic E-state index is 11.8. The first-order valence-corrected chi connectivity index (χ1v) is 14.3. The van der Waals surface area contributed by atoms with Crippen LogP contribution in [0.3, 0.4) is 0 Å². The van der Waals surface area contributed by atoms with Gasteiger partial charge in [0.1, 0.15) is 0 Å². The van der Waals surface area contributed by atoms with E-state index in [1.54, 1.807) is 24.3 Å². The van der Waals surface area contributed by atoms with E-state index in [-0.39, 0.29) is 22.3 Å². The average molecular weight is 557 g/mol. The van der Waals surface area contributed by atoms with Crippen LogP contribution in [0.1, 0.15) is 132 Å². The van der Waals surface area contributed by atoms with E-state index in [0.717, 1.165) is 38.5 Å². The Morgan fingerprint density at radius 1 is 0.500 bits per heavy atom. The molecule has 8 heteroatoms. The molecule has 0 aliphatic heterocycles. The van der Waals surface area contributed by atoms with Gasteiger partial charge in [-0.15, -0.1) is 0 Å². The standard InChI is InChI=1S/2C16H22O4/c2*1-2-3-4-5-6-9-12-20-16(19)14-11-8-7-10-13(14)15(17)18/h2*7-8,10-11H,2-6,9,12H2,1H3,(H,17,18). The van der Waals surface area contributed by atoms with E-state index < -0.39 is 23.9 Å². The van der Waals surface area contributed by atoms with Gasteiger partial charge < -0.3 is 19.7 Å². The Bertz CT molecular complexity index is 963. The summed E-state index contributed by atoms with van der Waals surface area (Å²) in [4.78, 5) is 45.6. The smallest absolute Gasteiger partial charge is 0.339 e. The van der Waals surface area contributed by atoms with Crippen molar-refractivity contribution < 1.29 is 38.9 Å². The van der Waals surface area contributed by atoms with Crippen LogP contribution in [0.25, 0.3) is 0 Å². The number of carboxylic acids is 2. The maximum absolute atomic E-state index is 11.8. The Morgan fingerprint density at radius 3 is 1.12 bits per heavy atom. The summed E-state index contributed by atoms with van der Waals surface area (Å²) >= 11 is 0. The molecule has 0 aromatic heterocycles. The lowest BCUT2D eigenvalue weighted by atomic mass is 10.1. The summed E-state index contributed by atoms with van der Waals surface area (Å²) in [6.07, 6.45) is 13.4. The van der Waals surface area contributed by atoms with Crippen molar-refractivity contribution in [2.45, 2.75) is 90.9 Å². The molecule has 0 heterocycles. The van der Waals surface area contributed by atoms with Crippen molar-refractivity contribution in [1.29, 1.82) is 0 Å². The molecule has 40 heavy (non-hydrogen) atoms. The monoisotopic (exact) mass is 556 g/mol. The van der Waals surface area contributed by atoms with E-state index in [1.165, 1.54) is 62.8 Å². The largest absolute Gasteiger partial charge is 0.478 e. The number of unbranched alkanes of at least 4 members (excludes halogenated alkanes) is 10. The molecule has 2 N–H and O–H groups in total. The van der Waals surface area contributed by atoms with Crippen LogP contribution in [0.4, 0.5) is 0 Å². The molecule has 2 aromatic carbocycles. The molecule has 0 bridgehead atoms. The van der Waals surface area contributed by atoms with Crippen LogP contribution < -0.4 is 0 Å².